The molecule has 0 saturated carbocycles. The fourth-order valence-corrected chi connectivity index (χ4v) is 2.26. The first kappa shape index (κ1) is 20.0. The first-order chi connectivity index (χ1) is 13.0. The average molecular weight is 389 g/mol. The second kappa shape index (κ2) is 9.97. The number of hydrogen-bond acceptors (Lipinski definition) is 6. The summed E-state index contributed by atoms with van der Waals surface area (Å²) in [5, 5.41) is 16.0. The molecule has 0 radical (unpaired) electrons. The molecule has 9 heteroatoms. The van der Waals surface area contributed by atoms with Crippen molar-refractivity contribution in [1.29, 1.82) is 0 Å². The number of thiocarbonyl (C=S) groups is 1. The molecule has 0 aliphatic rings. The highest BCUT2D eigenvalue weighted by molar-refractivity contribution is 7.80. The van der Waals surface area contributed by atoms with Crippen molar-refractivity contribution in [2.24, 2.45) is 5.10 Å². The van der Waals surface area contributed by atoms with E-state index in [9.17, 15) is 4.79 Å². The van der Waals surface area contributed by atoms with E-state index in [2.05, 4.69) is 15.8 Å². The van der Waals surface area contributed by atoms with Gasteiger partial charge in [0.05, 0.1) is 20.4 Å². The van der Waals surface area contributed by atoms with Crippen molar-refractivity contribution in [2.45, 2.75) is 0 Å². The van der Waals surface area contributed by atoms with Crippen molar-refractivity contribution < 1.29 is 24.1 Å². The molecule has 2 rings (SSSR count). The number of anilines is 1. The lowest BCUT2D eigenvalue weighted by Crippen LogP contribution is -2.23. The van der Waals surface area contributed by atoms with Crippen molar-refractivity contribution in [1.82, 2.24) is 5.43 Å². The summed E-state index contributed by atoms with van der Waals surface area (Å²) in [5.74, 6) is 0.528. The second-order valence-corrected chi connectivity index (χ2v) is 5.52. The Balaban J connectivity index is 1.97. The highest BCUT2D eigenvalue weighted by Gasteiger charge is 2.06. The summed E-state index contributed by atoms with van der Waals surface area (Å²) in [7, 11) is 3.11. The highest BCUT2D eigenvalue weighted by Crippen LogP contribution is 2.29. The minimum absolute atomic E-state index is 0.266. The lowest BCUT2D eigenvalue weighted by molar-refractivity contribution is -0.139. The van der Waals surface area contributed by atoms with Gasteiger partial charge in [-0.05, 0) is 36.5 Å². The lowest BCUT2D eigenvalue weighted by atomic mass is 10.2. The zero-order valence-electron chi connectivity index (χ0n) is 14.8. The Morgan fingerprint density at radius 3 is 2.59 bits per heavy atom. The molecule has 0 unspecified atom stereocenters. The highest BCUT2D eigenvalue weighted by atomic mass is 32.1. The SMILES string of the molecule is COc1ccc(NC(=S)N/N=C\c2ccccc2OCC(=O)O)cc1OC. The molecule has 0 bridgehead atoms. The molecule has 3 N–H and O–H groups in total. The number of carboxylic acid groups (broad SMARTS) is 1. The Hall–Kier alpha value is -3.33. The molecule has 0 heterocycles. The molecule has 0 saturated heterocycles. The van der Waals surface area contributed by atoms with Crippen molar-refractivity contribution >= 4 is 35.2 Å². The quantitative estimate of drug-likeness (QED) is 0.360. The normalized spacial score (nSPS) is 10.3. The lowest BCUT2D eigenvalue weighted by Gasteiger charge is -2.11. The van der Waals surface area contributed by atoms with E-state index in [1.165, 1.54) is 6.21 Å². The van der Waals surface area contributed by atoms with Crippen LogP contribution in [0, 0.1) is 0 Å². The molecule has 142 valence electrons. The maximum atomic E-state index is 10.6. The Labute approximate surface area is 161 Å². The number of carboxylic acids is 1. The Morgan fingerprint density at radius 1 is 1.15 bits per heavy atom. The Bertz CT molecular complexity index is 841. The molecule has 27 heavy (non-hydrogen) atoms. The second-order valence-electron chi connectivity index (χ2n) is 5.11. The van der Waals surface area contributed by atoms with Gasteiger partial charge in [-0.25, -0.2) is 4.79 Å². The van der Waals surface area contributed by atoms with Gasteiger partial charge in [0, 0.05) is 17.3 Å². The van der Waals surface area contributed by atoms with Gasteiger partial charge in [0.25, 0.3) is 0 Å². The standard InChI is InChI=1S/C18H19N3O5S/c1-24-15-8-7-13(9-16(15)25-2)20-18(27)21-19-10-12-5-3-4-6-14(12)26-11-17(22)23/h3-10H,11H2,1-2H3,(H,22,23)(H2,20,21,27)/b19-10-. The number of methoxy groups -OCH3 is 2. The molecule has 8 nitrogen and oxygen atoms in total. The third-order valence-corrected chi connectivity index (χ3v) is 3.47. The molecule has 0 spiro atoms. The van der Waals surface area contributed by atoms with Crippen LogP contribution >= 0.6 is 12.2 Å². The summed E-state index contributed by atoms with van der Waals surface area (Å²) in [6, 6.07) is 12.2. The van der Waals surface area contributed by atoms with Gasteiger partial charge >= 0.3 is 5.97 Å². The van der Waals surface area contributed by atoms with Gasteiger partial charge in [0.2, 0.25) is 0 Å². The third kappa shape index (κ3) is 6.15. The van der Waals surface area contributed by atoms with Gasteiger partial charge in [0.15, 0.2) is 23.2 Å². The van der Waals surface area contributed by atoms with E-state index in [0.29, 0.717) is 28.5 Å². The molecule has 0 aliphatic heterocycles. The van der Waals surface area contributed by atoms with E-state index in [1.807, 2.05) is 0 Å². The number of para-hydroxylation sites is 1. The maximum Gasteiger partial charge on any atom is 0.341 e. The number of nitrogens with one attached hydrogen (secondary N) is 2. The largest absolute Gasteiger partial charge is 0.493 e. The van der Waals surface area contributed by atoms with Crippen molar-refractivity contribution in [3.63, 3.8) is 0 Å². The number of benzene rings is 2. The van der Waals surface area contributed by atoms with Crippen LogP contribution < -0.4 is 25.0 Å². The van der Waals surface area contributed by atoms with Crippen LogP contribution in [0.2, 0.25) is 0 Å². The molecule has 2 aromatic rings. The van der Waals surface area contributed by atoms with Crippen molar-refractivity contribution in [3.05, 3.63) is 48.0 Å². The first-order valence-corrected chi connectivity index (χ1v) is 8.20. The topological polar surface area (TPSA) is 101 Å². The van der Waals surface area contributed by atoms with E-state index in [-0.39, 0.29) is 5.11 Å². The summed E-state index contributed by atoms with van der Waals surface area (Å²) in [6.07, 6.45) is 1.49. The van der Waals surface area contributed by atoms with Crippen LogP contribution in [0.1, 0.15) is 5.56 Å². The van der Waals surface area contributed by atoms with Crippen LogP contribution in [-0.4, -0.2) is 43.2 Å². The number of aliphatic carboxylic acids is 1. The molecule has 0 atom stereocenters. The van der Waals surface area contributed by atoms with Gasteiger partial charge in [-0.3, -0.25) is 5.43 Å². The van der Waals surface area contributed by atoms with Crippen LogP contribution in [-0.2, 0) is 4.79 Å². The first-order valence-electron chi connectivity index (χ1n) is 7.79. The number of rotatable bonds is 8. The number of carbonyl (C=O) groups is 1. The summed E-state index contributed by atoms with van der Waals surface area (Å²) >= 11 is 5.19. The van der Waals surface area contributed by atoms with E-state index < -0.39 is 12.6 Å². The minimum atomic E-state index is -1.06. The molecular weight excluding hydrogens is 370 g/mol. The zero-order chi connectivity index (χ0) is 19.6. The van der Waals surface area contributed by atoms with Gasteiger partial charge in [-0.2, -0.15) is 5.10 Å². The molecule has 0 fully saturated rings. The van der Waals surface area contributed by atoms with Crippen molar-refractivity contribution in [3.8, 4) is 17.2 Å². The van der Waals surface area contributed by atoms with E-state index in [4.69, 9.17) is 31.5 Å². The van der Waals surface area contributed by atoms with Gasteiger partial charge in [-0.15, -0.1) is 0 Å². The minimum Gasteiger partial charge on any atom is -0.493 e. The predicted molar refractivity (Wildman–Crippen MR) is 106 cm³/mol. The van der Waals surface area contributed by atoms with Gasteiger partial charge < -0.3 is 24.6 Å². The van der Waals surface area contributed by atoms with Crippen LogP contribution in [0.3, 0.4) is 0 Å². The third-order valence-electron chi connectivity index (χ3n) is 3.28. The Kier molecular flexibility index (Phi) is 7.38. The summed E-state index contributed by atoms with van der Waals surface area (Å²) < 4.78 is 15.6. The van der Waals surface area contributed by atoms with Gasteiger partial charge in [-0.1, -0.05) is 12.1 Å². The summed E-state index contributed by atoms with van der Waals surface area (Å²) in [5.41, 5.74) is 3.99. The predicted octanol–water partition coefficient (Wildman–Crippen LogP) is 2.49. The fourth-order valence-electron chi connectivity index (χ4n) is 2.09. The smallest absolute Gasteiger partial charge is 0.341 e. The van der Waals surface area contributed by atoms with Crippen LogP contribution in [0.15, 0.2) is 47.6 Å². The van der Waals surface area contributed by atoms with Crippen molar-refractivity contribution in [2.75, 3.05) is 26.1 Å². The molecular formula is C18H19N3O5S. The fraction of sp³-hybridized carbons (Fsp3) is 0.167. The average Bonchev–Trinajstić information content (AvgIpc) is 2.67. The number of ether oxygens (including phenoxy) is 3. The monoisotopic (exact) mass is 389 g/mol. The maximum absolute atomic E-state index is 10.6. The van der Waals surface area contributed by atoms with Crippen LogP contribution in [0.4, 0.5) is 5.69 Å². The van der Waals surface area contributed by atoms with Crippen LogP contribution in [0.25, 0.3) is 0 Å². The van der Waals surface area contributed by atoms with E-state index in [1.54, 1.807) is 56.7 Å². The molecule has 2 aromatic carbocycles. The zero-order valence-corrected chi connectivity index (χ0v) is 15.6. The van der Waals surface area contributed by atoms with E-state index in [0.717, 1.165) is 0 Å². The summed E-state index contributed by atoms with van der Waals surface area (Å²) in [6.45, 7) is -0.433. The molecule has 0 aliphatic carbocycles. The number of hydrogen-bond donors (Lipinski definition) is 3. The Morgan fingerprint density at radius 2 is 1.89 bits per heavy atom. The molecule has 0 amide bonds. The number of hydrazone groups is 1. The molecule has 0 aromatic heterocycles. The number of nitrogens with zero attached hydrogens (tertiary/aromatic N) is 1. The van der Waals surface area contributed by atoms with E-state index >= 15 is 0 Å². The van der Waals surface area contributed by atoms with Gasteiger partial charge in [0.1, 0.15) is 5.75 Å². The van der Waals surface area contributed by atoms with Crippen LogP contribution in [0.5, 0.6) is 17.2 Å². The summed E-state index contributed by atoms with van der Waals surface area (Å²) in [4.78, 5) is 10.6.